The molecule has 0 amide bonds. The number of aliphatic carboxylic acids is 1. The SMILES string of the molecule is CC(N)C1(C(C(=O)O)[N+](C)(C)C)CCCCCCCCCCC1. The fourth-order valence-electron chi connectivity index (χ4n) is 4.60. The van der Waals surface area contributed by atoms with Gasteiger partial charge in [0.2, 0.25) is 0 Å². The first kappa shape index (κ1) is 20.4. The van der Waals surface area contributed by atoms with Crippen molar-refractivity contribution in [3.8, 4) is 0 Å². The summed E-state index contributed by atoms with van der Waals surface area (Å²) >= 11 is 0. The van der Waals surface area contributed by atoms with Gasteiger partial charge < -0.3 is 15.3 Å². The summed E-state index contributed by atoms with van der Waals surface area (Å²) in [5.41, 5.74) is 6.14. The fraction of sp³-hybridized carbons (Fsp3) is 0.947. The Labute approximate surface area is 143 Å². The first-order valence-electron chi connectivity index (χ1n) is 9.51. The number of carbonyl (C=O) groups is 1. The van der Waals surface area contributed by atoms with Crippen LogP contribution in [0.15, 0.2) is 0 Å². The van der Waals surface area contributed by atoms with Crippen LogP contribution in [0.3, 0.4) is 0 Å². The molecule has 1 fully saturated rings. The van der Waals surface area contributed by atoms with E-state index in [1.165, 1.54) is 44.9 Å². The topological polar surface area (TPSA) is 63.3 Å². The normalized spacial score (nSPS) is 24.0. The summed E-state index contributed by atoms with van der Waals surface area (Å²) in [7, 11) is 6.00. The summed E-state index contributed by atoms with van der Waals surface area (Å²) in [6, 6.07) is -0.533. The first-order valence-corrected chi connectivity index (χ1v) is 9.51. The Bertz CT molecular complexity index is 349. The van der Waals surface area contributed by atoms with Crippen LogP contribution in [-0.2, 0) is 4.79 Å². The molecule has 136 valence electrons. The van der Waals surface area contributed by atoms with E-state index >= 15 is 0 Å². The molecule has 0 spiro atoms. The van der Waals surface area contributed by atoms with Crippen molar-refractivity contribution >= 4 is 5.97 Å². The van der Waals surface area contributed by atoms with Gasteiger partial charge in [0.05, 0.1) is 21.1 Å². The summed E-state index contributed by atoms with van der Waals surface area (Å²) in [6.45, 7) is 2.03. The molecule has 2 unspecified atom stereocenters. The highest BCUT2D eigenvalue weighted by molar-refractivity contribution is 5.73. The smallest absolute Gasteiger partial charge is 0.363 e. The molecule has 0 bridgehead atoms. The molecule has 0 radical (unpaired) electrons. The molecule has 1 aliphatic rings. The van der Waals surface area contributed by atoms with Crippen molar-refractivity contribution in [2.45, 2.75) is 89.6 Å². The third-order valence-corrected chi connectivity index (χ3v) is 5.74. The standard InChI is InChI=1S/C19H38N2O2/c1-16(20)19(17(18(22)23)21(2,3)4)14-12-10-8-6-5-7-9-11-13-15-19/h16-17H,5-15,20H2,1-4H3/p+1. The van der Waals surface area contributed by atoms with E-state index in [0.29, 0.717) is 4.48 Å². The van der Waals surface area contributed by atoms with Crippen molar-refractivity contribution < 1.29 is 14.4 Å². The number of likely N-dealkylation sites (N-methyl/N-ethyl adjacent to an activating group) is 1. The molecular weight excluding hydrogens is 288 g/mol. The third kappa shape index (κ3) is 5.75. The van der Waals surface area contributed by atoms with Crippen LogP contribution in [0.25, 0.3) is 0 Å². The zero-order valence-corrected chi connectivity index (χ0v) is 15.8. The van der Waals surface area contributed by atoms with Crippen LogP contribution in [0.5, 0.6) is 0 Å². The Morgan fingerprint density at radius 1 is 0.913 bits per heavy atom. The molecule has 0 saturated heterocycles. The summed E-state index contributed by atoms with van der Waals surface area (Å²) in [5.74, 6) is -0.693. The van der Waals surface area contributed by atoms with Crippen molar-refractivity contribution in [1.82, 2.24) is 0 Å². The number of carboxylic acid groups (broad SMARTS) is 1. The molecule has 1 saturated carbocycles. The van der Waals surface area contributed by atoms with Crippen molar-refractivity contribution in [1.29, 1.82) is 0 Å². The number of hydrogen-bond donors (Lipinski definition) is 2. The predicted octanol–water partition coefficient (Wildman–Crippen LogP) is 3.78. The van der Waals surface area contributed by atoms with Gasteiger partial charge in [0.25, 0.3) is 0 Å². The molecule has 0 aromatic rings. The van der Waals surface area contributed by atoms with Gasteiger partial charge in [0, 0.05) is 11.5 Å². The number of quaternary nitrogens is 1. The maximum atomic E-state index is 12.2. The van der Waals surface area contributed by atoms with Gasteiger partial charge in [-0.15, -0.1) is 0 Å². The van der Waals surface area contributed by atoms with Gasteiger partial charge in [0.1, 0.15) is 0 Å². The van der Waals surface area contributed by atoms with Crippen LogP contribution >= 0.6 is 0 Å². The number of hydrogen-bond acceptors (Lipinski definition) is 2. The Morgan fingerprint density at radius 3 is 1.52 bits per heavy atom. The maximum Gasteiger partial charge on any atom is 0.363 e. The monoisotopic (exact) mass is 327 g/mol. The molecule has 2 atom stereocenters. The number of nitrogens with zero attached hydrogens (tertiary/aromatic N) is 1. The van der Waals surface area contributed by atoms with Crippen LogP contribution in [0.4, 0.5) is 0 Å². The maximum absolute atomic E-state index is 12.2. The van der Waals surface area contributed by atoms with Gasteiger partial charge in [-0.05, 0) is 19.8 Å². The van der Waals surface area contributed by atoms with E-state index < -0.39 is 12.0 Å². The van der Waals surface area contributed by atoms with Crippen molar-refractivity contribution in [2.24, 2.45) is 11.1 Å². The van der Waals surface area contributed by atoms with E-state index in [2.05, 4.69) is 0 Å². The van der Waals surface area contributed by atoms with Crippen LogP contribution in [-0.4, -0.2) is 48.8 Å². The van der Waals surface area contributed by atoms with Gasteiger partial charge in [-0.25, -0.2) is 4.79 Å². The van der Waals surface area contributed by atoms with Gasteiger partial charge in [-0.1, -0.05) is 57.8 Å². The molecule has 23 heavy (non-hydrogen) atoms. The summed E-state index contributed by atoms with van der Waals surface area (Å²) in [6.07, 6.45) is 13.1. The average molecular weight is 328 g/mol. The quantitative estimate of drug-likeness (QED) is 0.772. The van der Waals surface area contributed by atoms with E-state index in [9.17, 15) is 9.90 Å². The van der Waals surface area contributed by atoms with Crippen LogP contribution < -0.4 is 5.73 Å². The minimum absolute atomic E-state index is 0.0936. The molecule has 3 N–H and O–H groups in total. The molecule has 1 aliphatic carbocycles. The zero-order chi connectivity index (χ0) is 17.5. The van der Waals surface area contributed by atoms with Gasteiger partial charge in [-0.3, -0.25) is 0 Å². The molecule has 0 heterocycles. The third-order valence-electron chi connectivity index (χ3n) is 5.74. The number of nitrogens with two attached hydrogens (primary N) is 1. The summed E-state index contributed by atoms with van der Waals surface area (Å²) in [5, 5.41) is 9.99. The van der Waals surface area contributed by atoms with E-state index in [-0.39, 0.29) is 11.5 Å². The van der Waals surface area contributed by atoms with Gasteiger partial charge in [0.15, 0.2) is 6.04 Å². The van der Waals surface area contributed by atoms with E-state index in [0.717, 1.165) is 25.7 Å². The van der Waals surface area contributed by atoms with Crippen molar-refractivity contribution in [3.05, 3.63) is 0 Å². The molecule has 1 rings (SSSR count). The number of rotatable bonds is 4. The number of carboxylic acids is 1. The highest BCUT2D eigenvalue weighted by Crippen LogP contribution is 2.42. The highest BCUT2D eigenvalue weighted by Gasteiger charge is 2.52. The molecule has 4 nitrogen and oxygen atoms in total. The lowest BCUT2D eigenvalue weighted by molar-refractivity contribution is -0.895. The predicted molar refractivity (Wildman–Crippen MR) is 96.3 cm³/mol. The molecular formula is C19H39N2O2+. The fourth-order valence-corrected chi connectivity index (χ4v) is 4.60. The molecule has 4 heteroatoms. The second-order valence-corrected chi connectivity index (χ2v) is 8.56. The van der Waals surface area contributed by atoms with E-state index in [1.807, 2.05) is 28.1 Å². The molecule has 0 aromatic heterocycles. The van der Waals surface area contributed by atoms with Crippen molar-refractivity contribution in [3.63, 3.8) is 0 Å². The van der Waals surface area contributed by atoms with Crippen LogP contribution in [0, 0.1) is 5.41 Å². The second-order valence-electron chi connectivity index (χ2n) is 8.56. The zero-order valence-electron chi connectivity index (χ0n) is 15.8. The van der Waals surface area contributed by atoms with Gasteiger partial charge >= 0.3 is 5.97 Å². The Morgan fingerprint density at radius 2 is 1.26 bits per heavy atom. The lowest BCUT2D eigenvalue weighted by Gasteiger charge is -2.47. The first-order chi connectivity index (χ1) is 10.7. The summed E-state index contributed by atoms with van der Waals surface area (Å²) in [4.78, 5) is 12.2. The van der Waals surface area contributed by atoms with E-state index in [4.69, 9.17) is 5.73 Å². The molecule has 0 aliphatic heterocycles. The minimum atomic E-state index is -0.693. The lowest BCUT2D eigenvalue weighted by Crippen LogP contribution is -2.63. The highest BCUT2D eigenvalue weighted by atomic mass is 16.4. The molecule has 0 aromatic carbocycles. The van der Waals surface area contributed by atoms with Crippen molar-refractivity contribution in [2.75, 3.05) is 21.1 Å². The Hall–Kier alpha value is -0.610. The second kappa shape index (κ2) is 9.03. The summed E-state index contributed by atoms with van der Waals surface area (Å²) < 4.78 is 0.441. The Kier molecular flexibility index (Phi) is 8.02. The average Bonchev–Trinajstić information content (AvgIpc) is 2.39. The Balaban J connectivity index is 3.08. The van der Waals surface area contributed by atoms with Gasteiger partial charge in [-0.2, -0.15) is 0 Å². The van der Waals surface area contributed by atoms with Crippen LogP contribution in [0.1, 0.15) is 77.6 Å². The lowest BCUT2D eigenvalue weighted by atomic mass is 9.66. The minimum Gasteiger partial charge on any atom is -0.477 e. The van der Waals surface area contributed by atoms with Crippen LogP contribution in [0.2, 0.25) is 0 Å². The largest absolute Gasteiger partial charge is 0.477 e. The van der Waals surface area contributed by atoms with E-state index in [1.54, 1.807) is 0 Å².